The Morgan fingerprint density at radius 1 is 1.33 bits per heavy atom. The van der Waals surface area contributed by atoms with E-state index in [1.807, 2.05) is 0 Å². The van der Waals surface area contributed by atoms with Crippen molar-refractivity contribution in [3.8, 4) is 0 Å². The highest BCUT2D eigenvalue weighted by atomic mass is 19.4. The molecule has 3 nitrogen and oxygen atoms in total. The van der Waals surface area contributed by atoms with Crippen molar-refractivity contribution >= 4 is 5.91 Å². The molecule has 7 heteroatoms. The Morgan fingerprint density at radius 3 is 2.48 bits per heavy atom. The molecule has 1 aromatic carbocycles. The molecule has 1 fully saturated rings. The van der Waals surface area contributed by atoms with Crippen LogP contribution >= 0.6 is 0 Å². The molecular formula is C14H15F4NO2. The molecule has 1 aromatic rings. The smallest absolute Gasteiger partial charge is 0.395 e. The normalized spacial score (nSPS) is 15.7. The number of alkyl halides is 3. The Labute approximate surface area is 119 Å². The summed E-state index contributed by atoms with van der Waals surface area (Å²) in [6.07, 6.45) is -2.51. The van der Waals surface area contributed by atoms with Crippen molar-refractivity contribution in [1.29, 1.82) is 0 Å². The van der Waals surface area contributed by atoms with Gasteiger partial charge in [0.2, 0.25) is 0 Å². The second-order valence-electron chi connectivity index (χ2n) is 4.97. The van der Waals surface area contributed by atoms with Gasteiger partial charge in [-0.1, -0.05) is 6.07 Å². The van der Waals surface area contributed by atoms with Gasteiger partial charge in [-0.05, 0) is 31.4 Å². The number of aliphatic hydroxyl groups is 1. The predicted molar refractivity (Wildman–Crippen MR) is 67.2 cm³/mol. The van der Waals surface area contributed by atoms with Crippen LogP contribution in [0.15, 0.2) is 18.2 Å². The minimum absolute atomic E-state index is 0.0147. The number of nitrogens with zero attached hydrogens (tertiary/aromatic N) is 1. The number of benzene rings is 1. The molecular weight excluding hydrogens is 290 g/mol. The first kappa shape index (κ1) is 15.8. The molecule has 0 aromatic heterocycles. The van der Waals surface area contributed by atoms with E-state index in [-0.39, 0.29) is 19.2 Å². The van der Waals surface area contributed by atoms with Gasteiger partial charge in [0.15, 0.2) is 0 Å². The average Bonchev–Trinajstić information content (AvgIpc) is 2.34. The lowest BCUT2D eigenvalue weighted by Crippen LogP contribution is -2.46. The summed E-state index contributed by atoms with van der Waals surface area (Å²) in [5.41, 5.74) is -2.06. The molecule has 0 radical (unpaired) electrons. The lowest BCUT2D eigenvalue weighted by Gasteiger charge is -2.37. The standard InChI is InChI=1S/C14H15F4NO2/c15-12-10(5-2-6-11(12)14(16,17)18)13(21)19(7-8-20)9-3-1-4-9/h2,5-6,9,20H,1,3-4,7-8H2. The second kappa shape index (κ2) is 6.01. The van der Waals surface area contributed by atoms with E-state index in [9.17, 15) is 22.4 Å². The van der Waals surface area contributed by atoms with Crippen molar-refractivity contribution in [2.24, 2.45) is 0 Å². The fourth-order valence-electron chi connectivity index (χ4n) is 2.33. The van der Waals surface area contributed by atoms with Crippen LogP contribution in [0.5, 0.6) is 0 Å². The molecule has 1 N–H and O–H groups in total. The molecule has 21 heavy (non-hydrogen) atoms. The summed E-state index contributed by atoms with van der Waals surface area (Å²) in [5, 5.41) is 8.99. The highest BCUT2D eigenvalue weighted by Crippen LogP contribution is 2.33. The SMILES string of the molecule is O=C(c1cccc(C(F)(F)F)c1F)N(CCO)C1CCC1. The van der Waals surface area contributed by atoms with E-state index in [4.69, 9.17) is 5.11 Å². The first-order chi connectivity index (χ1) is 9.86. The van der Waals surface area contributed by atoms with Crippen LogP contribution in [0.1, 0.15) is 35.2 Å². The van der Waals surface area contributed by atoms with Gasteiger partial charge in [-0.2, -0.15) is 13.2 Å². The zero-order valence-electron chi connectivity index (χ0n) is 11.2. The van der Waals surface area contributed by atoms with Gasteiger partial charge in [0.05, 0.1) is 17.7 Å². The number of carbonyl (C=O) groups excluding carboxylic acids is 1. The van der Waals surface area contributed by atoms with E-state index < -0.39 is 29.0 Å². The van der Waals surface area contributed by atoms with Gasteiger partial charge in [0, 0.05) is 12.6 Å². The maximum atomic E-state index is 14.0. The maximum absolute atomic E-state index is 14.0. The van der Waals surface area contributed by atoms with Crippen molar-refractivity contribution < 1.29 is 27.5 Å². The lowest BCUT2D eigenvalue weighted by atomic mass is 9.91. The van der Waals surface area contributed by atoms with Crippen molar-refractivity contribution in [1.82, 2.24) is 4.90 Å². The molecule has 2 rings (SSSR count). The summed E-state index contributed by atoms with van der Waals surface area (Å²) in [6.45, 7) is -0.331. The second-order valence-corrected chi connectivity index (χ2v) is 4.97. The summed E-state index contributed by atoms with van der Waals surface area (Å²) >= 11 is 0. The molecule has 0 spiro atoms. The zero-order chi connectivity index (χ0) is 15.6. The molecule has 116 valence electrons. The quantitative estimate of drug-likeness (QED) is 0.869. The van der Waals surface area contributed by atoms with E-state index in [1.165, 1.54) is 4.90 Å². The molecule has 1 saturated carbocycles. The minimum Gasteiger partial charge on any atom is -0.395 e. The predicted octanol–water partition coefficient (Wildman–Crippen LogP) is 2.83. The van der Waals surface area contributed by atoms with Crippen LogP contribution in [0.3, 0.4) is 0 Å². The maximum Gasteiger partial charge on any atom is 0.419 e. The number of rotatable bonds is 4. The highest BCUT2D eigenvalue weighted by molar-refractivity contribution is 5.95. The van der Waals surface area contributed by atoms with Gasteiger partial charge in [-0.3, -0.25) is 4.79 Å². The van der Waals surface area contributed by atoms with Gasteiger partial charge < -0.3 is 10.0 Å². The first-order valence-electron chi connectivity index (χ1n) is 6.63. The van der Waals surface area contributed by atoms with E-state index >= 15 is 0 Å². The monoisotopic (exact) mass is 305 g/mol. The molecule has 1 aliphatic carbocycles. The van der Waals surface area contributed by atoms with Crippen LogP contribution in [0.25, 0.3) is 0 Å². The van der Waals surface area contributed by atoms with Gasteiger partial charge >= 0.3 is 6.18 Å². The Bertz CT molecular complexity index is 526. The average molecular weight is 305 g/mol. The molecule has 0 bridgehead atoms. The molecule has 1 aliphatic rings. The zero-order valence-corrected chi connectivity index (χ0v) is 11.2. The third-order valence-electron chi connectivity index (χ3n) is 3.65. The number of carbonyl (C=O) groups is 1. The molecule has 1 amide bonds. The Morgan fingerprint density at radius 2 is 2.00 bits per heavy atom. The summed E-state index contributed by atoms with van der Waals surface area (Å²) in [6, 6.07) is 2.51. The van der Waals surface area contributed by atoms with Crippen molar-refractivity contribution in [2.75, 3.05) is 13.2 Å². The number of hydrogen-bond donors (Lipinski definition) is 1. The Kier molecular flexibility index (Phi) is 4.51. The summed E-state index contributed by atoms with van der Waals surface area (Å²) < 4.78 is 52.0. The first-order valence-corrected chi connectivity index (χ1v) is 6.63. The van der Waals surface area contributed by atoms with Gasteiger partial charge in [0.1, 0.15) is 5.82 Å². The van der Waals surface area contributed by atoms with Gasteiger partial charge in [-0.25, -0.2) is 4.39 Å². The number of hydrogen-bond acceptors (Lipinski definition) is 2. The number of halogens is 4. The summed E-state index contributed by atoms with van der Waals surface area (Å²) in [7, 11) is 0. The van der Waals surface area contributed by atoms with Gasteiger partial charge in [-0.15, -0.1) is 0 Å². The Hall–Kier alpha value is -1.63. The molecule has 0 heterocycles. The van der Waals surface area contributed by atoms with E-state index in [1.54, 1.807) is 0 Å². The Balaban J connectivity index is 2.33. The third-order valence-corrected chi connectivity index (χ3v) is 3.65. The topological polar surface area (TPSA) is 40.5 Å². The molecule has 0 unspecified atom stereocenters. The third kappa shape index (κ3) is 3.18. The van der Waals surface area contributed by atoms with Crippen LogP contribution < -0.4 is 0 Å². The van der Waals surface area contributed by atoms with Gasteiger partial charge in [0.25, 0.3) is 5.91 Å². The fraction of sp³-hybridized carbons (Fsp3) is 0.500. The van der Waals surface area contributed by atoms with E-state index in [2.05, 4.69) is 0 Å². The molecule has 0 aliphatic heterocycles. The van der Waals surface area contributed by atoms with Crippen LogP contribution in [0.2, 0.25) is 0 Å². The molecule has 0 saturated heterocycles. The summed E-state index contributed by atoms with van der Waals surface area (Å²) in [5.74, 6) is -2.37. The largest absolute Gasteiger partial charge is 0.419 e. The summed E-state index contributed by atoms with van der Waals surface area (Å²) in [4.78, 5) is 13.5. The van der Waals surface area contributed by atoms with Crippen LogP contribution in [0, 0.1) is 5.82 Å². The fourth-order valence-corrected chi connectivity index (χ4v) is 2.33. The van der Waals surface area contributed by atoms with Crippen molar-refractivity contribution in [2.45, 2.75) is 31.5 Å². The highest BCUT2D eigenvalue weighted by Gasteiger charge is 2.37. The van der Waals surface area contributed by atoms with Crippen molar-refractivity contribution in [3.63, 3.8) is 0 Å². The van der Waals surface area contributed by atoms with E-state index in [0.29, 0.717) is 18.9 Å². The van der Waals surface area contributed by atoms with E-state index in [0.717, 1.165) is 18.6 Å². The van der Waals surface area contributed by atoms with Crippen LogP contribution in [0.4, 0.5) is 17.6 Å². The van der Waals surface area contributed by atoms with Crippen LogP contribution in [-0.4, -0.2) is 35.1 Å². The molecule has 0 atom stereocenters. The lowest BCUT2D eigenvalue weighted by molar-refractivity contribution is -0.140. The minimum atomic E-state index is -4.85. The number of aliphatic hydroxyl groups excluding tert-OH is 1. The number of amides is 1. The van der Waals surface area contributed by atoms with Crippen molar-refractivity contribution in [3.05, 3.63) is 35.1 Å². The van der Waals surface area contributed by atoms with Crippen LogP contribution in [-0.2, 0) is 6.18 Å².